The van der Waals surface area contributed by atoms with E-state index < -0.39 is 0 Å². The number of halogens is 2. The normalized spacial score (nSPS) is 10.2. The number of anilines is 3. The van der Waals surface area contributed by atoms with Gasteiger partial charge in [-0.3, -0.25) is 0 Å². The van der Waals surface area contributed by atoms with Gasteiger partial charge >= 0.3 is 0 Å². The second-order valence-corrected chi connectivity index (χ2v) is 5.48. The summed E-state index contributed by atoms with van der Waals surface area (Å²) < 4.78 is 7.04. The lowest BCUT2D eigenvalue weighted by Crippen LogP contribution is -1.96. The molecular formula is C13H12Br2N2O. The summed E-state index contributed by atoms with van der Waals surface area (Å²) in [6.07, 6.45) is 0. The Labute approximate surface area is 123 Å². The molecule has 3 N–H and O–H groups in total. The Balaban J connectivity index is 2.26. The Kier molecular flexibility index (Phi) is 4.14. The molecule has 0 bridgehead atoms. The number of nitrogen functional groups attached to an aromatic ring is 1. The van der Waals surface area contributed by atoms with Crippen molar-refractivity contribution in [3.05, 3.63) is 45.3 Å². The highest BCUT2D eigenvalue weighted by Crippen LogP contribution is 2.31. The van der Waals surface area contributed by atoms with Gasteiger partial charge in [-0.1, -0.05) is 15.9 Å². The minimum Gasteiger partial charge on any atom is -0.496 e. The number of nitrogens with one attached hydrogen (secondary N) is 1. The molecule has 0 aromatic heterocycles. The Morgan fingerprint density at radius 3 is 2.50 bits per heavy atom. The fraction of sp³-hybridized carbons (Fsp3) is 0.0769. The van der Waals surface area contributed by atoms with Gasteiger partial charge in [-0.2, -0.15) is 0 Å². The largest absolute Gasteiger partial charge is 0.496 e. The van der Waals surface area contributed by atoms with Gasteiger partial charge in [-0.15, -0.1) is 0 Å². The smallest absolute Gasteiger partial charge is 0.133 e. The van der Waals surface area contributed by atoms with Crippen LogP contribution in [0.2, 0.25) is 0 Å². The third-order valence-corrected chi connectivity index (χ3v) is 3.56. The lowest BCUT2D eigenvalue weighted by Gasteiger charge is -2.11. The van der Waals surface area contributed by atoms with Crippen LogP contribution in [0.15, 0.2) is 45.3 Å². The molecule has 0 fully saturated rings. The lowest BCUT2D eigenvalue weighted by atomic mass is 10.2. The van der Waals surface area contributed by atoms with Crippen molar-refractivity contribution in [2.75, 3.05) is 18.2 Å². The van der Waals surface area contributed by atoms with Crippen LogP contribution < -0.4 is 15.8 Å². The number of methoxy groups -OCH3 is 1. The third kappa shape index (κ3) is 2.97. The first-order valence-electron chi connectivity index (χ1n) is 5.26. The minimum atomic E-state index is 0.691. The molecule has 0 amide bonds. The van der Waals surface area contributed by atoms with E-state index in [0.717, 1.165) is 26.1 Å². The zero-order valence-corrected chi connectivity index (χ0v) is 12.9. The van der Waals surface area contributed by atoms with E-state index in [2.05, 4.69) is 37.2 Å². The predicted molar refractivity (Wildman–Crippen MR) is 82.5 cm³/mol. The summed E-state index contributed by atoms with van der Waals surface area (Å²) in [6.45, 7) is 0. The van der Waals surface area contributed by atoms with Crippen molar-refractivity contribution < 1.29 is 4.74 Å². The van der Waals surface area contributed by atoms with Gasteiger partial charge in [0.05, 0.1) is 23.0 Å². The Morgan fingerprint density at radius 1 is 1.11 bits per heavy atom. The second-order valence-electron chi connectivity index (χ2n) is 3.71. The van der Waals surface area contributed by atoms with Crippen molar-refractivity contribution in [2.24, 2.45) is 0 Å². The molecule has 0 unspecified atom stereocenters. The SMILES string of the molecule is COc1ccc(Nc2ccc(Br)cc2N)cc1Br. The third-order valence-electron chi connectivity index (χ3n) is 2.44. The van der Waals surface area contributed by atoms with Crippen molar-refractivity contribution in [1.82, 2.24) is 0 Å². The van der Waals surface area contributed by atoms with Gasteiger partial charge in [0.15, 0.2) is 0 Å². The van der Waals surface area contributed by atoms with E-state index in [-0.39, 0.29) is 0 Å². The maximum Gasteiger partial charge on any atom is 0.133 e. The quantitative estimate of drug-likeness (QED) is 0.778. The van der Waals surface area contributed by atoms with E-state index in [9.17, 15) is 0 Å². The molecule has 18 heavy (non-hydrogen) atoms. The van der Waals surface area contributed by atoms with E-state index in [4.69, 9.17) is 10.5 Å². The zero-order valence-electron chi connectivity index (χ0n) is 9.71. The highest BCUT2D eigenvalue weighted by Gasteiger charge is 2.04. The number of ether oxygens (including phenoxy) is 1. The fourth-order valence-electron chi connectivity index (χ4n) is 1.55. The molecule has 5 heteroatoms. The summed E-state index contributed by atoms with van der Waals surface area (Å²) in [4.78, 5) is 0. The summed E-state index contributed by atoms with van der Waals surface area (Å²) in [5, 5.41) is 3.26. The molecule has 0 spiro atoms. The molecule has 0 heterocycles. The monoisotopic (exact) mass is 370 g/mol. The van der Waals surface area contributed by atoms with Crippen LogP contribution in [-0.2, 0) is 0 Å². The molecule has 0 aliphatic heterocycles. The molecule has 94 valence electrons. The number of hydrogen-bond donors (Lipinski definition) is 2. The summed E-state index contributed by atoms with van der Waals surface area (Å²) in [5.41, 5.74) is 8.44. The number of benzene rings is 2. The van der Waals surface area contributed by atoms with Gasteiger partial charge < -0.3 is 15.8 Å². The predicted octanol–water partition coefficient (Wildman–Crippen LogP) is 4.55. The average Bonchev–Trinajstić information content (AvgIpc) is 2.33. The fourth-order valence-corrected chi connectivity index (χ4v) is 2.47. The molecule has 0 saturated heterocycles. The molecule has 0 radical (unpaired) electrons. The van der Waals surface area contributed by atoms with E-state index in [1.807, 2.05) is 36.4 Å². The molecular weight excluding hydrogens is 360 g/mol. The van der Waals surface area contributed by atoms with Crippen LogP contribution in [0.1, 0.15) is 0 Å². The van der Waals surface area contributed by atoms with Crippen LogP contribution in [0.5, 0.6) is 5.75 Å². The minimum absolute atomic E-state index is 0.691. The van der Waals surface area contributed by atoms with Gasteiger partial charge in [0, 0.05) is 10.2 Å². The summed E-state index contributed by atoms with van der Waals surface area (Å²) in [7, 11) is 1.64. The first-order chi connectivity index (χ1) is 8.60. The van der Waals surface area contributed by atoms with Crippen LogP contribution in [0.3, 0.4) is 0 Å². The topological polar surface area (TPSA) is 47.3 Å². The highest BCUT2D eigenvalue weighted by molar-refractivity contribution is 9.10. The second kappa shape index (κ2) is 5.63. The van der Waals surface area contributed by atoms with Gasteiger partial charge in [-0.25, -0.2) is 0 Å². The maximum atomic E-state index is 5.93. The first-order valence-corrected chi connectivity index (χ1v) is 6.84. The standard InChI is InChI=1S/C13H12Br2N2O/c1-18-13-5-3-9(7-10(13)15)17-12-4-2-8(14)6-11(12)16/h2-7,17H,16H2,1H3. The Hall–Kier alpha value is -1.20. The van der Waals surface area contributed by atoms with Crippen LogP contribution in [0.4, 0.5) is 17.1 Å². The molecule has 0 aliphatic carbocycles. The zero-order chi connectivity index (χ0) is 13.1. The van der Waals surface area contributed by atoms with Gasteiger partial charge in [0.25, 0.3) is 0 Å². The maximum absolute atomic E-state index is 5.93. The Morgan fingerprint density at radius 2 is 1.89 bits per heavy atom. The molecule has 0 saturated carbocycles. The van der Waals surface area contributed by atoms with Crippen LogP contribution in [-0.4, -0.2) is 7.11 Å². The van der Waals surface area contributed by atoms with Gasteiger partial charge in [0.2, 0.25) is 0 Å². The highest BCUT2D eigenvalue weighted by atomic mass is 79.9. The molecule has 0 aliphatic rings. The van der Waals surface area contributed by atoms with Crippen LogP contribution in [0, 0.1) is 0 Å². The summed E-state index contributed by atoms with van der Waals surface area (Å²) in [5.74, 6) is 0.796. The molecule has 2 aromatic carbocycles. The van der Waals surface area contributed by atoms with Crippen molar-refractivity contribution in [2.45, 2.75) is 0 Å². The lowest BCUT2D eigenvalue weighted by molar-refractivity contribution is 0.412. The van der Waals surface area contributed by atoms with Crippen LogP contribution >= 0.6 is 31.9 Å². The van der Waals surface area contributed by atoms with Gasteiger partial charge in [-0.05, 0) is 52.3 Å². The molecule has 3 nitrogen and oxygen atoms in total. The molecule has 2 rings (SSSR count). The van der Waals surface area contributed by atoms with E-state index in [1.54, 1.807) is 7.11 Å². The summed E-state index contributed by atoms with van der Waals surface area (Å²) in [6, 6.07) is 11.5. The van der Waals surface area contributed by atoms with E-state index in [1.165, 1.54) is 0 Å². The van der Waals surface area contributed by atoms with E-state index in [0.29, 0.717) is 5.69 Å². The van der Waals surface area contributed by atoms with Crippen molar-refractivity contribution >= 4 is 48.9 Å². The molecule has 2 aromatic rings. The number of nitrogens with two attached hydrogens (primary N) is 1. The molecule has 0 atom stereocenters. The average molecular weight is 372 g/mol. The Bertz CT molecular complexity index is 573. The van der Waals surface area contributed by atoms with Crippen molar-refractivity contribution in [1.29, 1.82) is 0 Å². The van der Waals surface area contributed by atoms with Gasteiger partial charge in [0.1, 0.15) is 5.75 Å². The first kappa shape index (κ1) is 13.2. The van der Waals surface area contributed by atoms with Crippen molar-refractivity contribution in [3.63, 3.8) is 0 Å². The van der Waals surface area contributed by atoms with Crippen molar-refractivity contribution in [3.8, 4) is 5.75 Å². The van der Waals surface area contributed by atoms with Crippen LogP contribution in [0.25, 0.3) is 0 Å². The van der Waals surface area contributed by atoms with E-state index >= 15 is 0 Å². The number of rotatable bonds is 3. The number of hydrogen-bond acceptors (Lipinski definition) is 3. The summed E-state index contributed by atoms with van der Waals surface area (Å²) >= 11 is 6.83.